The molecule has 0 amide bonds. The Morgan fingerprint density at radius 2 is 1.83 bits per heavy atom. The highest BCUT2D eigenvalue weighted by atomic mass is 32.2. The zero-order valence-corrected chi connectivity index (χ0v) is 14.0. The van der Waals surface area contributed by atoms with Gasteiger partial charge >= 0.3 is 0 Å². The SMILES string of the molecule is COc1ccc(S(=O)(=O)Nc2ncc([N+](=O)[O-])cc2C)cc1OC. The average Bonchev–Trinajstić information content (AvgIpc) is 2.55. The number of anilines is 1. The minimum atomic E-state index is -3.94. The average molecular weight is 353 g/mol. The lowest BCUT2D eigenvalue weighted by atomic mass is 10.3. The minimum Gasteiger partial charge on any atom is -0.493 e. The zero-order valence-electron chi connectivity index (χ0n) is 13.1. The van der Waals surface area contributed by atoms with E-state index in [9.17, 15) is 18.5 Å². The van der Waals surface area contributed by atoms with Crippen LogP contribution in [0.1, 0.15) is 5.56 Å². The number of methoxy groups -OCH3 is 2. The number of nitrogens with zero attached hydrogens (tertiary/aromatic N) is 2. The Morgan fingerprint density at radius 3 is 2.38 bits per heavy atom. The third-order valence-corrected chi connectivity index (χ3v) is 4.51. The topological polar surface area (TPSA) is 121 Å². The largest absolute Gasteiger partial charge is 0.493 e. The second kappa shape index (κ2) is 6.71. The lowest BCUT2D eigenvalue weighted by Crippen LogP contribution is -2.15. The highest BCUT2D eigenvalue weighted by Gasteiger charge is 2.19. The maximum atomic E-state index is 12.5. The molecule has 0 radical (unpaired) electrons. The van der Waals surface area contributed by atoms with Crippen molar-refractivity contribution in [3.05, 3.63) is 46.1 Å². The van der Waals surface area contributed by atoms with Crippen LogP contribution in [0.2, 0.25) is 0 Å². The third-order valence-electron chi connectivity index (χ3n) is 3.17. The van der Waals surface area contributed by atoms with Crippen LogP contribution in [0.15, 0.2) is 35.4 Å². The molecule has 0 atom stereocenters. The number of nitro groups is 1. The van der Waals surface area contributed by atoms with E-state index in [2.05, 4.69) is 9.71 Å². The van der Waals surface area contributed by atoms with Gasteiger partial charge in [-0.25, -0.2) is 13.4 Å². The molecule has 0 fully saturated rings. The first-order valence-corrected chi connectivity index (χ1v) is 8.12. The Balaban J connectivity index is 2.37. The summed E-state index contributed by atoms with van der Waals surface area (Å²) in [6.45, 7) is 1.52. The first-order valence-electron chi connectivity index (χ1n) is 6.64. The van der Waals surface area contributed by atoms with E-state index in [1.807, 2.05) is 0 Å². The smallest absolute Gasteiger partial charge is 0.287 e. The van der Waals surface area contributed by atoms with Crippen molar-refractivity contribution in [2.24, 2.45) is 0 Å². The van der Waals surface area contributed by atoms with Gasteiger partial charge in [0, 0.05) is 12.1 Å². The quantitative estimate of drug-likeness (QED) is 0.623. The predicted molar refractivity (Wildman–Crippen MR) is 86.0 cm³/mol. The molecule has 1 aromatic carbocycles. The molecule has 9 nitrogen and oxygen atoms in total. The van der Waals surface area contributed by atoms with Crippen LogP contribution in [-0.2, 0) is 10.0 Å². The molecule has 128 valence electrons. The molecule has 0 spiro atoms. The molecule has 2 rings (SSSR count). The first-order chi connectivity index (χ1) is 11.3. The molecule has 0 saturated heterocycles. The molecule has 0 aliphatic heterocycles. The van der Waals surface area contributed by atoms with E-state index in [-0.39, 0.29) is 22.2 Å². The van der Waals surface area contributed by atoms with Crippen LogP contribution in [0, 0.1) is 17.0 Å². The van der Waals surface area contributed by atoms with Gasteiger partial charge in [0.1, 0.15) is 12.0 Å². The van der Waals surface area contributed by atoms with Gasteiger partial charge in [0.05, 0.1) is 24.0 Å². The van der Waals surface area contributed by atoms with Gasteiger partial charge in [-0.3, -0.25) is 14.8 Å². The Hall–Kier alpha value is -2.88. The Kier molecular flexibility index (Phi) is 4.88. The van der Waals surface area contributed by atoms with Crippen LogP contribution < -0.4 is 14.2 Å². The van der Waals surface area contributed by atoms with Gasteiger partial charge in [0.2, 0.25) is 0 Å². The number of pyridine rings is 1. The Labute approximate surface area is 138 Å². The monoisotopic (exact) mass is 353 g/mol. The van der Waals surface area contributed by atoms with E-state index in [0.29, 0.717) is 11.3 Å². The summed E-state index contributed by atoms with van der Waals surface area (Å²) in [4.78, 5) is 13.8. The lowest BCUT2D eigenvalue weighted by molar-refractivity contribution is -0.385. The molecule has 2 aromatic rings. The second-order valence-corrected chi connectivity index (χ2v) is 6.42. The van der Waals surface area contributed by atoms with Crippen LogP contribution in [0.3, 0.4) is 0 Å². The number of aromatic nitrogens is 1. The molecule has 1 heterocycles. The van der Waals surface area contributed by atoms with Gasteiger partial charge in [-0.1, -0.05) is 0 Å². The van der Waals surface area contributed by atoms with E-state index in [0.717, 1.165) is 6.20 Å². The molecular formula is C14H15N3O6S. The number of benzene rings is 1. The highest BCUT2D eigenvalue weighted by Crippen LogP contribution is 2.30. The summed E-state index contributed by atoms with van der Waals surface area (Å²) >= 11 is 0. The van der Waals surface area contributed by atoms with Gasteiger partial charge in [-0.2, -0.15) is 0 Å². The summed E-state index contributed by atoms with van der Waals surface area (Å²) in [6, 6.07) is 5.36. The van der Waals surface area contributed by atoms with Crippen molar-refractivity contribution in [1.82, 2.24) is 4.98 Å². The maximum Gasteiger partial charge on any atom is 0.287 e. The van der Waals surface area contributed by atoms with Crippen molar-refractivity contribution in [3.8, 4) is 11.5 Å². The van der Waals surface area contributed by atoms with Crippen LogP contribution in [0.4, 0.5) is 11.5 Å². The normalized spacial score (nSPS) is 11.0. The fraction of sp³-hybridized carbons (Fsp3) is 0.214. The highest BCUT2D eigenvalue weighted by molar-refractivity contribution is 7.92. The van der Waals surface area contributed by atoms with Gasteiger partial charge < -0.3 is 9.47 Å². The minimum absolute atomic E-state index is 0.00962. The van der Waals surface area contributed by atoms with Crippen LogP contribution in [-0.4, -0.2) is 32.5 Å². The molecule has 0 aliphatic rings. The predicted octanol–water partition coefficient (Wildman–Crippen LogP) is 2.12. The number of aryl methyl sites for hydroxylation is 1. The first kappa shape index (κ1) is 17.5. The standard InChI is InChI=1S/C14H15N3O6S/c1-9-6-10(17(18)19)8-15-14(9)16-24(20,21)11-4-5-12(22-2)13(7-11)23-3/h4-8H,1-3H3,(H,15,16). The summed E-state index contributed by atoms with van der Waals surface area (Å²) in [7, 11) is -1.11. The fourth-order valence-electron chi connectivity index (χ4n) is 1.94. The van der Waals surface area contributed by atoms with Crippen molar-refractivity contribution in [2.45, 2.75) is 11.8 Å². The Morgan fingerprint density at radius 1 is 1.17 bits per heavy atom. The third kappa shape index (κ3) is 3.54. The fourth-order valence-corrected chi connectivity index (χ4v) is 3.03. The molecular weight excluding hydrogens is 338 g/mol. The van der Waals surface area contributed by atoms with Crippen molar-refractivity contribution in [1.29, 1.82) is 0 Å². The summed E-state index contributed by atoms with van der Waals surface area (Å²) in [5.74, 6) is 0.658. The van der Waals surface area contributed by atoms with Crippen molar-refractivity contribution >= 4 is 21.5 Å². The lowest BCUT2D eigenvalue weighted by Gasteiger charge is -2.12. The number of hydrogen-bond acceptors (Lipinski definition) is 7. The van der Waals surface area contributed by atoms with E-state index >= 15 is 0 Å². The Bertz CT molecular complexity index is 882. The van der Waals surface area contributed by atoms with Gasteiger partial charge in [-0.15, -0.1) is 0 Å². The molecule has 1 N–H and O–H groups in total. The van der Waals surface area contributed by atoms with E-state index < -0.39 is 14.9 Å². The number of nitrogens with one attached hydrogen (secondary N) is 1. The van der Waals surface area contributed by atoms with Crippen molar-refractivity contribution < 1.29 is 22.8 Å². The summed E-state index contributed by atoms with van der Waals surface area (Å²) in [5, 5.41) is 10.7. The van der Waals surface area contributed by atoms with Gasteiger partial charge in [0.15, 0.2) is 11.5 Å². The number of ether oxygens (including phenoxy) is 2. The van der Waals surface area contributed by atoms with Gasteiger partial charge in [-0.05, 0) is 24.6 Å². The maximum absolute atomic E-state index is 12.5. The van der Waals surface area contributed by atoms with Crippen LogP contribution in [0.25, 0.3) is 0 Å². The van der Waals surface area contributed by atoms with E-state index in [1.54, 1.807) is 0 Å². The number of hydrogen-bond donors (Lipinski definition) is 1. The zero-order chi connectivity index (χ0) is 17.9. The van der Waals surface area contributed by atoms with E-state index in [1.165, 1.54) is 45.4 Å². The van der Waals surface area contributed by atoms with Gasteiger partial charge in [0.25, 0.3) is 15.7 Å². The van der Waals surface area contributed by atoms with Crippen molar-refractivity contribution in [2.75, 3.05) is 18.9 Å². The summed E-state index contributed by atoms with van der Waals surface area (Å²) < 4.78 is 37.4. The van der Waals surface area contributed by atoms with Crippen molar-refractivity contribution in [3.63, 3.8) is 0 Å². The van der Waals surface area contributed by atoms with Crippen LogP contribution in [0.5, 0.6) is 11.5 Å². The molecule has 10 heteroatoms. The number of sulfonamides is 1. The molecule has 0 aliphatic carbocycles. The molecule has 0 unspecified atom stereocenters. The summed E-state index contributed by atoms with van der Waals surface area (Å²) in [5.41, 5.74) is 0.106. The molecule has 1 aromatic heterocycles. The second-order valence-electron chi connectivity index (χ2n) is 4.74. The summed E-state index contributed by atoms with van der Waals surface area (Å²) in [6.07, 6.45) is 0.986. The molecule has 0 saturated carbocycles. The number of rotatable bonds is 6. The van der Waals surface area contributed by atoms with E-state index in [4.69, 9.17) is 9.47 Å². The molecule has 0 bridgehead atoms. The molecule has 24 heavy (non-hydrogen) atoms. The van der Waals surface area contributed by atoms with Crippen LogP contribution >= 0.6 is 0 Å².